The molecule has 0 amide bonds. The monoisotopic (exact) mass is 396 g/mol. The Balaban J connectivity index is 1.57. The summed E-state index contributed by atoms with van der Waals surface area (Å²) < 4.78 is 22.5. The number of sulfonamides is 1. The zero-order valence-corrected chi connectivity index (χ0v) is 16.4. The second-order valence-corrected chi connectivity index (χ2v) is 8.39. The molecule has 6 heteroatoms. The van der Waals surface area contributed by atoms with Gasteiger partial charge in [-0.05, 0) is 55.0 Å². The van der Waals surface area contributed by atoms with Gasteiger partial charge < -0.3 is 5.32 Å². The fraction of sp³-hybridized carbons (Fsp3) is 0.227. The molecular formula is C22H24N2O3S. The van der Waals surface area contributed by atoms with Gasteiger partial charge in [-0.25, -0.2) is 13.6 Å². The molecule has 1 fully saturated rings. The quantitative estimate of drug-likeness (QED) is 0.580. The molecule has 0 saturated heterocycles. The molecule has 3 rings (SSSR count). The number of allylic oxidation sites excluding steroid dienone is 2. The van der Waals surface area contributed by atoms with Crippen molar-refractivity contribution >= 4 is 21.9 Å². The van der Waals surface area contributed by atoms with Crippen molar-refractivity contribution in [3.05, 3.63) is 83.1 Å². The zero-order valence-electron chi connectivity index (χ0n) is 15.6. The lowest BCUT2D eigenvalue weighted by Gasteiger charge is -2.16. The molecule has 3 N–H and O–H groups in total. The average Bonchev–Trinajstić information content (AvgIpc) is 2.68. The Hall–Kier alpha value is -2.70. The van der Waals surface area contributed by atoms with Gasteiger partial charge in [-0.2, -0.15) is 0 Å². The van der Waals surface area contributed by atoms with Gasteiger partial charge in [0.1, 0.15) is 0 Å². The number of nitrogens with two attached hydrogens (primary N) is 1. The van der Waals surface area contributed by atoms with Gasteiger partial charge in [0.05, 0.1) is 4.90 Å². The second-order valence-electron chi connectivity index (χ2n) is 6.83. The summed E-state index contributed by atoms with van der Waals surface area (Å²) >= 11 is 0. The van der Waals surface area contributed by atoms with Crippen LogP contribution in [-0.2, 0) is 21.2 Å². The first-order valence-electron chi connectivity index (χ1n) is 9.28. The number of rotatable bonds is 6. The molecule has 1 aliphatic rings. The van der Waals surface area contributed by atoms with Gasteiger partial charge in [0.25, 0.3) is 0 Å². The fourth-order valence-corrected chi connectivity index (χ4v) is 3.70. The summed E-state index contributed by atoms with van der Waals surface area (Å²) in [6.07, 6.45) is 7.06. The van der Waals surface area contributed by atoms with Crippen LogP contribution < -0.4 is 10.5 Å². The maximum atomic E-state index is 12.7. The van der Waals surface area contributed by atoms with E-state index < -0.39 is 10.0 Å². The van der Waals surface area contributed by atoms with Gasteiger partial charge in [0, 0.05) is 23.9 Å². The smallest absolute Gasteiger partial charge is 0.238 e. The van der Waals surface area contributed by atoms with E-state index in [2.05, 4.69) is 5.32 Å². The van der Waals surface area contributed by atoms with Crippen LogP contribution >= 0.6 is 0 Å². The van der Waals surface area contributed by atoms with Crippen LogP contribution in [0.2, 0.25) is 0 Å². The van der Waals surface area contributed by atoms with Gasteiger partial charge >= 0.3 is 0 Å². The zero-order chi connectivity index (χ0) is 20.0. The summed E-state index contributed by atoms with van der Waals surface area (Å²) in [5.74, 6) is 0.111. The Bertz CT molecular complexity index is 992. The van der Waals surface area contributed by atoms with Crippen LogP contribution in [0.15, 0.2) is 76.8 Å². The first-order chi connectivity index (χ1) is 13.4. The minimum absolute atomic E-state index is 0.108. The lowest BCUT2D eigenvalue weighted by Crippen LogP contribution is -2.17. The van der Waals surface area contributed by atoms with Crippen LogP contribution in [0.1, 0.15) is 30.4 Å². The van der Waals surface area contributed by atoms with Gasteiger partial charge in [-0.15, -0.1) is 0 Å². The number of carbonyl (C=O) groups is 1. The molecule has 0 radical (unpaired) electrons. The molecule has 0 bridgehead atoms. The first-order valence-corrected chi connectivity index (χ1v) is 10.8. The molecule has 0 atom stereocenters. The highest BCUT2D eigenvalue weighted by Gasteiger charge is 2.20. The van der Waals surface area contributed by atoms with Crippen molar-refractivity contribution in [3.63, 3.8) is 0 Å². The SMILES string of the molecule is NS(=O)(=O)c1ccc(CCN/C=C2\CCCC(=Cc3ccccc3)C2=O)cc1. The lowest BCUT2D eigenvalue weighted by molar-refractivity contribution is -0.112. The Kier molecular flexibility index (Phi) is 6.44. The Morgan fingerprint density at radius 3 is 2.32 bits per heavy atom. The van der Waals surface area contributed by atoms with E-state index in [0.717, 1.165) is 48.0 Å². The van der Waals surface area contributed by atoms with Crippen molar-refractivity contribution in [3.8, 4) is 0 Å². The van der Waals surface area contributed by atoms with Crippen molar-refractivity contribution in [2.45, 2.75) is 30.6 Å². The minimum Gasteiger partial charge on any atom is -0.390 e. The van der Waals surface area contributed by atoms with Crippen molar-refractivity contribution in [1.29, 1.82) is 0 Å². The molecule has 0 spiro atoms. The van der Waals surface area contributed by atoms with Crippen molar-refractivity contribution < 1.29 is 13.2 Å². The highest BCUT2D eigenvalue weighted by Crippen LogP contribution is 2.26. The van der Waals surface area contributed by atoms with Crippen LogP contribution in [0.25, 0.3) is 6.08 Å². The fourth-order valence-electron chi connectivity index (χ4n) is 3.19. The highest BCUT2D eigenvalue weighted by molar-refractivity contribution is 7.89. The molecule has 5 nitrogen and oxygen atoms in total. The number of Topliss-reactive ketones (excluding diaryl/α,β-unsaturated/α-hetero) is 1. The van der Waals surface area contributed by atoms with Gasteiger partial charge in [-0.1, -0.05) is 42.5 Å². The standard InChI is InChI=1S/C22H24N2O3S/c23-28(26,27)21-11-9-17(10-12-21)13-14-24-16-20-8-4-7-19(22(20)25)15-18-5-2-1-3-6-18/h1-3,5-6,9-12,15-16,24H,4,7-8,13-14H2,(H2,23,26,27)/b19-15?,20-16+. The Labute approximate surface area is 166 Å². The van der Waals surface area contributed by atoms with E-state index in [1.807, 2.05) is 42.6 Å². The average molecular weight is 397 g/mol. The van der Waals surface area contributed by atoms with E-state index in [9.17, 15) is 13.2 Å². The van der Waals surface area contributed by atoms with Crippen molar-refractivity contribution in [1.82, 2.24) is 5.32 Å². The second kappa shape index (κ2) is 8.99. The van der Waals surface area contributed by atoms with Crippen LogP contribution in [0.4, 0.5) is 0 Å². The number of primary sulfonamides is 1. The number of benzene rings is 2. The highest BCUT2D eigenvalue weighted by atomic mass is 32.2. The van der Waals surface area contributed by atoms with E-state index in [1.54, 1.807) is 12.1 Å². The predicted octanol–water partition coefficient (Wildman–Crippen LogP) is 3.19. The summed E-state index contributed by atoms with van der Waals surface area (Å²) in [4.78, 5) is 12.8. The molecule has 1 saturated carbocycles. The van der Waals surface area contributed by atoms with Crippen LogP contribution in [0.3, 0.4) is 0 Å². The lowest BCUT2D eigenvalue weighted by atomic mass is 9.88. The molecule has 2 aromatic carbocycles. The molecule has 0 aliphatic heterocycles. The van der Waals surface area contributed by atoms with Gasteiger partial charge in [0.15, 0.2) is 5.78 Å². The number of ketones is 1. The van der Waals surface area contributed by atoms with Crippen LogP contribution in [0, 0.1) is 0 Å². The molecule has 2 aromatic rings. The largest absolute Gasteiger partial charge is 0.390 e. The molecule has 28 heavy (non-hydrogen) atoms. The van der Waals surface area contributed by atoms with Gasteiger partial charge in [-0.3, -0.25) is 4.79 Å². The van der Waals surface area contributed by atoms with Crippen molar-refractivity contribution in [2.24, 2.45) is 5.14 Å². The molecule has 0 heterocycles. The predicted molar refractivity (Wildman–Crippen MR) is 111 cm³/mol. The third-order valence-corrected chi connectivity index (χ3v) is 5.63. The summed E-state index contributed by atoms with van der Waals surface area (Å²) in [6, 6.07) is 16.4. The summed E-state index contributed by atoms with van der Waals surface area (Å²) in [5, 5.41) is 8.31. The molecule has 0 unspecified atom stereocenters. The third-order valence-electron chi connectivity index (χ3n) is 4.70. The maximum absolute atomic E-state index is 12.7. The first kappa shape index (κ1) is 20.0. The number of nitrogens with one attached hydrogen (secondary N) is 1. The molecular weight excluding hydrogens is 372 g/mol. The third kappa shape index (κ3) is 5.41. The van der Waals surface area contributed by atoms with E-state index in [0.29, 0.717) is 6.54 Å². The van der Waals surface area contributed by atoms with Gasteiger partial charge in [0.2, 0.25) is 10.0 Å². The normalized spacial score (nSPS) is 17.8. The minimum atomic E-state index is -3.66. The molecule has 1 aliphatic carbocycles. The number of hydrogen-bond acceptors (Lipinski definition) is 4. The molecule has 146 valence electrons. The summed E-state index contributed by atoms with van der Waals surface area (Å²) in [7, 11) is -3.66. The number of hydrogen-bond donors (Lipinski definition) is 2. The maximum Gasteiger partial charge on any atom is 0.238 e. The van der Waals surface area contributed by atoms with E-state index in [4.69, 9.17) is 5.14 Å². The van der Waals surface area contributed by atoms with Crippen molar-refractivity contribution in [2.75, 3.05) is 6.54 Å². The molecule has 0 aromatic heterocycles. The summed E-state index contributed by atoms with van der Waals surface area (Å²) in [5.41, 5.74) is 3.70. The topological polar surface area (TPSA) is 89.3 Å². The Morgan fingerprint density at radius 1 is 0.964 bits per heavy atom. The van der Waals surface area contributed by atoms with E-state index in [-0.39, 0.29) is 10.7 Å². The van der Waals surface area contributed by atoms with E-state index in [1.165, 1.54) is 12.1 Å². The summed E-state index contributed by atoms with van der Waals surface area (Å²) in [6.45, 7) is 0.656. The Morgan fingerprint density at radius 2 is 1.64 bits per heavy atom. The van der Waals surface area contributed by atoms with E-state index >= 15 is 0 Å². The number of carbonyl (C=O) groups excluding carboxylic acids is 1. The van der Waals surface area contributed by atoms with Crippen LogP contribution in [-0.4, -0.2) is 20.7 Å². The van der Waals surface area contributed by atoms with Crippen LogP contribution in [0.5, 0.6) is 0 Å².